The van der Waals surface area contributed by atoms with E-state index in [2.05, 4.69) is 15.5 Å². The van der Waals surface area contributed by atoms with Crippen molar-refractivity contribution < 1.29 is 49.0 Å². The highest BCUT2D eigenvalue weighted by molar-refractivity contribution is 8.00. The number of pyridine rings is 1. The zero-order valence-electron chi connectivity index (χ0n) is 25.0. The van der Waals surface area contributed by atoms with Gasteiger partial charge in [0.05, 0.1) is 10.4 Å². The van der Waals surface area contributed by atoms with Crippen molar-refractivity contribution in [2.75, 3.05) is 11.5 Å². The number of hydrogen-bond donors (Lipinski definition) is 6. The number of thiophene rings is 1. The number of carboxylic acids is 2. The van der Waals surface area contributed by atoms with Crippen molar-refractivity contribution in [3.63, 3.8) is 0 Å². The summed E-state index contributed by atoms with van der Waals surface area (Å²) < 4.78 is 2.02. The van der Waals surface area contributed by atoms with Gasteiger partial charge in [0, 0.05) is 22.8 Å². The van der Waals surface area contributed by atoms with Gasteiger partial charge in [0.2, 0.25) is 0 Å². The Labute approximate surface area is 303 Å². The summed E-state index contributed by atoms with van der Waals surface area (Å²) in [5, 5.41) is 48.8. The Hall–Kier alpha value is -4.88. The number of nitrogens with zero attached hydrogens (tertiary/aromatic N) is 4. The van der Waals surface area contributed by atoms with E-state index in [0.717, 1.165) is 32.5 Å². The van der Waals surface area contributed by atoms with E-state index in [-0.39, 0.29) is 22.3 Å². The minimum absolute atomic E-state index is 0.0671. The molecule has 1 fully saturated rings. The lowest BCUT2D eigenvalue weighted by molar-refractivity contribution is -0.658. The smallest absolute Gasteiger partial charge is 0.362 e. The van der Waals surface area contributed by atoms with Crippen LogP contribution in [0.5, 0.6) is 11.5 Å². The number of allylic oxidation sites excluding steroid dienone is 2. The highest BCUT2D eigenvalue weighted by atomic mass is 35.5. The van der Waals surface area contributed by atoms with Gasteiger partial charge in [-0.3, -0.25) is 14.5 Å². The number of benzene rings is 1. The molecular weight excluding hydrogens is 755 g/mol. The molecule has 6 rings (SSSR count). The first kappa shape index (κ1) is 35.0. The van der Waals surface area contributed by atoms with Gasteiger partial charge in [-0.05, 0) is 35.2 Å². The summed E-state index contributed by atoms with van der Waals surface area (Å²) in [6.07, 6.45) is 5.96. The number of phenolic OH excluding ortho intramolecular Hbond substituents is 2. The number of carbonyl (C=O) groups excluding carboxylic acids is 2. The summed E-state index contributed by atoms with van der Waals surface area (Å²) in [6, 6.07) is 5.58. The minimum atomic E-state index is -2.72. The molecule has 0 spiro atoms. The van der Waals surface area contributed by atoms with Crippen LogP contribution in [0.15, 0.2) is 69.8 Å². The number of thiazole rings is 1. The Morgan fingerprint density at radius 2 is 2.00 bits per heavy atom. The van der Waals surface area contributed by atoms with Gasteiger partial charge >= 0.3 is 17.5 Å². The van der Waals surface area contributed by atoms with Crippen LogP contribution >= 0.6 is 57.6 Å². The van der Waals surface area contributed by atoms with Crippen LogP contribution < -0.4 is 15.6 Å². The monoisotopic (exact) mass is 777 g/mol. The zero-order valence-corrected chi connectivity index (χ0v) is 29.0. The Bertz CT molecular complexity index is 2170. The van der Waals surface area contributed by atoms with Gasteiger partial charge in [0.15, 0.2) is 29.4 Å². The number of phenols is 2. The van der Waals surface area contributed by atoms with Crippen molar-refractivity contribution in [1.29, 1.82) is 0 Å². The number of aliphatic carboxylic acids is 2. The fourth-order valence-electron chi connectivity index (χ4n) is 5.36. The Balaban J connectivity index is 1.19. The highest BCUT2D eigenvalue weighted by Crippen LogP contribution is 2.48. The third kappa shape index (κ3) is 6.09. The number of aromatic nitrogens is 2. The Kier molecular flexibility index (Phi) is 9.65. The molecule has 3 aromatic heterocycles. The van der Waals surface area contributed by atoms with E-state index in [1.165, 1.54) is 17.1 Å². The molecule has 0 saturated carbocycles. The second-order valence-electron chi connectivity index (χ2n) is 10.6. The largest absolute Gasteiger partial charge is 0.504 e. The average molecular weight is 779 g/mol. The molecule has 20 heteroatoms. The molecule has 3 atom stereocenters. The number of β-lactam (4-membered cyclic amide) rings is 1. The number of amides is 2. The normalized spacial score (nSPS) is 18.7. The molecule has 258 valence electrons. The second-order valence-corrected chi connectivity index (χ2v) is 14.3. The number of carboxylic acid groups (broad SMARTS) is 2. The number of anilines is 1. The van der Waals surface area contributed by atoms with Gasteiger partial charge in [-0.25, -0.2) is 14.6 Å². The number of nitrogen functional groups attached to an aromatic ring is 1. The number of rotatable bonds is 11. The van der Waals surface area contributed by atoms with Crippen LogP contribution in [0.2, 0.25) is 10.0 Å². The predicted molar refractivity (Wildman–Crippen MR) is 185 cm³/mol. The van der Waals surface area contributed by atoms with E-state index in [9.17, 15) is 39.6 Å². The lowest BCUT2D eigenvalue weighted by Gasteiger charge is -2.49. The molecule has 50 heavy (non-hydrogen) atoms. The summed E-state index contributed by atoms with van der Waals surface area (Å²) in [5.41, 5.74) is 2.38. The third-order valence-electron chi connectivity index (χ3n) is 7.68. The molecule has 0 bridgehead atoms. The summed E-state index contributed by atoms with van der Waals surface area (Å²) in [7, 11) is 0. The van der Waals surface area contributed by atoms with Crippen LogP contribution in [0.4, 0.5) is 5.13 Å². The first-order valence-corrected chi connectivity index (χ1v) is 17.7. The molecule has 2 aliphatic rings. The van der Waals surface area contributed by atoms with Gasteiger partial charge in [-0.1, -0.05) is 45.8 Å². The number of oxime groups is 1. The molecular formula is C30H23Cl2N6O9S3+. The highest BCUT2D eigenvalue weighted by Gasteiger charge is 2.54. The molecule has 0 radical (unpaired) electrons. The van der Waals surface area contributed by atoms with Crippen LogP contribution in [0, 0.1) is 0 Å². The molecule has 2 unspecified atom stereocenters. The molecule has 2 amide bonds. The maximum Gasteiger partial charge on any atom is 0.362 e. The topological polar surface area (TPSA) is 229 Å². The summed E-state index contributed by atoms with van der Waals surface area (Å²) in [5.74, 6) is -6.14. The average Bonchev–Trinajstić information content (AvgIpc) is 3.75. The fraction of sp³-hybridized carbons (Fsp3) is 0.167. The molecule has 1 aromatic carbocycles. The van der Waals surface area contributed by atoms with Crippen molar-refractivity contribution in [2.45, 2.75) is 23.6 Å². The van der Waals surface area contributed by atoms with Crippen LogP contribution in [0.3, 0.4) is 0 Å². The summed E-state index contributed by atoms with van der Waals surface area (Å²) in [4.78, 5) is 62.6. The van der Waals surface area contributed by atoms with E-state index < -0.39 is 67.9 Å². The summed E-state index contributed by atoms with van der Waals surface area (Å²) in [6.45, 7) is 0.475. The number of aromatic hydroxyl groups is 2. The van der Waals surface area contributed by atoms with Crippen molar-refractivity contribution in [1.82, 2.24) is 15.2 Å². The number of nitrogens with two attached hydrogens (primary N) is 1. The van der Waals surface area contributed by atoms with Crippen LogP contribution in [-0.2, 0) is 36.2 Å². The van der Waals surface area contributed by atoms with Gasteiger partial charge in [-0.2, -0.15) is 4.57 Å². The summed E-state index contributed by atoms with van der Waals surface area (Å²) >= 11 is 16.0. The standard InChI is InChI=1S/C30H22Cl2N6O9S3/c31-19-15(9-16(39)23(41)20(19)32)30(28(45)46,17-12-50-29(33)35-17)47-34-10-18(40)36-21-24(42)38-22(27(43)44)14(11-49-26(21)38)4-2-7-37-6-1-3-13-5-8-48-25(13)37/h1-6,8-10,12,21,26H,7,11H2,(H6-,33,34,35,36,39,40,41,43,44,45,46)/p+1/b4-2-/t21-,26?,30?/m0/s1. The van der Waals surface area contributed by atoms with Gasteiger partial charge < -0.3 is 36.3 Å². The van der Waals surface area contributed by atoms with Gasteiger partial charge in [0.1, 0.15) is 34.0 Å². The van der Waals surface area contributed by atoms with E-state index >= 15 is 0 Å². The van der Waals surface area contributed by atoms with Crippen molar-refractivity contribution in [2.24, 2.45) is 5.16 Å². The first-order chi connectivity index (χ1) is 23.8. The second kappa shape index (κ2) is 13.8. The van der Waals surface area contributed by atoms with Gasteiger partial charge in [-0.15, -0.1) is 23.1 Å². The number of nitrogens with one attached hydrogen (secondary N) is 1. The van der Waals surface area contributed by atoms with E-state index in [1.807, 2.05) is 40.4 Å². The van der Waals surface area contributed by atoms with Gasteiger partial charge in [0.25, 0.3) is 16.6 Å². The van der Waals surface area contributed by atoms with Crippen molar-refractivity contribution in [3.05, 3.63) is 85.9 Å². The van der Waals surface area contributed by atoms with Crippen LogP contribution in [-0.4, -0.2) is 77.4 Å². The number of halogens is 2. The molecule has 0 aliphatic carbocycles. The van der Waals surface area contributed by atoms with Crippen LogP contribution in [0.1, 0.15) is 11.3 Å². The molecule has 5 heterocycles. The maximum absolute atomic E-state index is 13.2. The van der Waals surface area contributed by atoms with E-state index in [4.69, 9.17) is 33.8 Å². The third-order valence-corrected chi connectivity index (χ3v) is 11.5. The minimum Gasteiger partial charge on any atom is -0.504 e. The number of thioether (sulfide) groups is 1. The van der Waals surface area contributed by atoms with Crippen molar-refractivity contribution in [3.8, 4) is 11.5 Å². The Morgan fingerprint density at radius 3 is 2.70 bits per heavy atom. The predicted octanol–water partition coefficient (Wildman–Crippen LogP) is 3.27. The fourth-order valence-corrected chi connectivity index (χ4v) is 8.65. The Morgan fingerprint density at radius 1 is 1.22 bits per heavy atom. The number of hydrogen-bond acceptors (Lipinski definition) is 13. The quantitative estimate of drug-likeness (QED) is 0.0424. The van der Waals surface area contributed by atoms with Crippen LogP contribution in [0.25, 0.3) is 10.2 Å². The van der Waals surface area contributed by atoms with Crippen molar-refractivity contribution >= 4 is 103 Å². The SMILES string of the molecule is Nc1nc(C(ON=CC(=O)N[C@H]2C(=O)N3C(C(=O)O)=C(/C=C\C[n+]4cccc5ccsc54)CSC23)(C(=O)O)c2cc(O)c(O)c(Cl)c2Cl)cs1. The molecule has 2 aliphatic heterocycles. The lowest BCUT2D eigenvalue weighted by Crippen LogP contribution is -2.70. The lowest BCUT2D eigenvalue weighted by atomic mass is 9.90. The number of fused-ring (bicyclic) bond motifs is 2. The number of carbonyl (C=O) groups is 4. The molecule has 4 aromatic rings. The van der Waals surface area contributed by atoms with E-state index in [1.54, 1.807) is 17.4 Å². The molecule has 1 saturated heterocycles. The van der Waals surface area contributed by atoms with E-state index in [0.29, 0.717) is 18.3 Å². The maximum atomic E-state index is 13.2. The first-order valence-electron chi connectivity index (χ1n) is 14.2. The molecule has 15 nitrogen and oxygen atoms in total. The zero-order chi connectivity index (χ0) is 35.9. The molecule has 7 N–H and O–H groups in total.